The summed E-state index contributed by atoms with van der Waals surface area (Å²) in [4.78, 5) is 25.7. The molecule has 0 spiro atoms. The predicted molar refractivity (Wildman–Crippen MR) is 74.5 cm³/mol. The average Bonchev–Trinajstić information content (AvgIpc) is 2.48. The zero-order chi connectivity index (χ0) is 15.2. The summed E-state index contributed by atoms with van der Waals surface area (Å²) in [6.45, 7) is 0.247. The smallest absolute Gasteiger partial charge is 0.325 e. The molecule has 0 saturated heterocycles. The number of hydrogen-bond acceptors (Lipinski definition) is 5. The summed E-state index contributed by atoms with van der Waals surface area (Å²) >= 11 is 0. The van der Waals surface area contributed by atoms with Crippen molar-refractivity contribution in [3.8, 4) is 0 Å². The van der Waals surface area contributed by atoms with Gasteiger partial charge in [-0.2, -0.15) is 0 Å². The van der Waals surface area contributed by atoms with Gasteiger partial charge in [0.25, 0.3) is 5.69 Å². The Balaban J connectivity index is 2.24. The van der Waals surface area contributed by atoms with Gasteiger partial charge in [-0.25, -0.2) is 0 Å². The molecule has 0 radical (unpaired) electrons. The minimum atomic E-state index is -1.17. The summed E-state index contributed by atoms with van der Waals surface area (Å²) in [5.41, 5.74) is 0.699. The van der Waals surface area contributed by atoms with Gasteiger partial charge in [-0.15, -0.1) is 0 Å². The van der Waals surface area contributed by atoms with E-state index in [9.17, 15) is 20.0 Å². The van der Waals surface area contributed by atoms with Crippen LogP contribution in [0, 0.1) is 10.1 Å². The van der Waals surface area contributed by atoms with E-state index in [2.05, 4.69) is 10.3 Å². The first-order valence-electron chi connectivity index (χ1n) is 6.18. The van der Waals surface area contributed by atoms with Gasteiger partial charge in [0.1, 0.15) is 6.04 Å². The molecule has 1 unspecified atom stereocenters. The van der Waals surface area contributed by atoms with Gasteiger partial charge in [-0.05, 0) is 17.7 Å². The number of aliphatic carboxylic acids is 1. The highest BCUT2D eigenvalue weighted by Crippen LogP contribution is 2.25. The van der Waals surface area contributed by atoms with E-state index in [1.807, 2.05) is 0 Å². The molecule has 0 amide bonds. The zero-order valence-electron chi connectivity index (χ0n) is 11.0. The van der Waals surface area contributed by atoms with E-state index in [4.69, 9.17) is 0 Å². The second-order valence-electron chi connectivity index (χ2n) is 4.33. The van der Waals surface area contributed by atoms with Crippen LogP contribution in [-0.4, -0.2) is 21.0 Å². The molecule has 7 heteroatoms. The number of pyridine rings is 1. The van der Waals surface area contributed by atoms with Crippen molar-refractivity contribution >= 4 is 11.7 Å². The van der Waals surface area contributed by atoms with Gasteiger partial charge >= 0.3 is 5.97 Å². The molecule has 0 saturated carbocycles. The second-order valence-corrected chi connectivity index (χ2v) is 4.33. The summed E-state index contributed by atoms with van der Waals surface area (Å²) < 4.78 is 0. The molecular formula is C14H13N3O4. The third kappa shape index (κ3) is 3.61. The molecule has 2 N–H and O–H groups in total. The van der Waals surface area contributed by atoms with Gasteiger partial charge in [0.15, 0.2) is 0 Å². The maximum absolute atomic E-state index is 11.4. The predicted octanol–water partition coefficient (Wildman–Crippen LogP) is 1.91. The number of carboxylic acid groups (broad SMARTS) is 1. The highest BCUT2D eigenvalue weighted by molar-refractivity contribution is 5.77. The molecule has 1 heterocycles. The zero-order valence-corrected chi connectivity index (χ0v) is 11.0. The lowest BCUT2D eigenvalue weighted by Crippen LogP contribution is -2.28. The fourth-order valence-electron chi connectivity index (χ4n) is 1.95. The molecule has 2 rings (SSSR count). The maximum atomic E-state index is 11.4. The van der Waals surface area contributed by atoms with Crippen LogP contribution in [0.2, 0.25) is 0 Å². The summed E-state index contributed by atoms with van der Waals surface area (Å²) in [5, 5.41) is 23.1. The Kier molecular flexibility index (Phi) is 4.57. The molecule has 7 nitrogen and oxygen atoms in total. The lowest BCUT2D eigenvalue weighted by atomic mass is 10.0. The highest BCUT2D eigenvalue weighted by Gasteiger charge is 2.26. The maximum Gasteiger partial charge on any atom is 0.325 e. The average molecular weight is 287 g/mol. The molecule has 0 aliphatic carbocycles. The third-order valence-corrected chi connectivity index (χ3v) is 2.92. The summed E-state index contributed by atoms with van der Waals surface area (Å²) in [7, 11) is 0. The van der Waals surface area contributed by atoms with Gasteiger partial charge in [0, 0.05) is 25.0 Å². The Bertz CT molecular complexity index is 646. The SMILES string of the molecule is O=C(O)C(NCc1cccnc1)c1ccccc1[N+](=O)[O-]. The summed E-state index contributed by atoms with van der Waals surface area (Å²) in [6, 6.07) is 8.16. The van der Waals surface area contributed by atoms with E-state index in [1.165, 1.54) is 18.2 Å². The fourth-order valence-corrected chi connectivity index (χ4v) is 1.95. The van der Waals surface area contributed by atoms with Crippen molar-refractivity contribution in [1.29, 1.82) is 0 Å². The van der Waals surface area contributed by atoms with Crippen molar-refractivity contribution in [3.05, 3.63) is 70.0 Å². The molecule has 0 bridgehead atoms. The van der Waals surface area contributed by atoms with E-state index < -0.39 is 16.9 Å². The Hall–Kier alpha value is -2.80. The number of rotatable bonds is 6. The van der Waals surface area contributed by atoms with Crippen molar-refractivity contribution in [1.82, 2.24) is 10.3 Å². The van der Waals surface area contributed by atoms with Crippen LogP contribution in [0.1, 0.15) is 17.2 Å². The molecule has 1 aromatic carbocycles. The number of aromatic nitrogens is 1. The van der Waals surface area contributed by atoms with Crippen LogP contribution >= 0.6 is 0 Å². The quantitative estimate of drug-likeness (QED) is 0.621. The van der Waals surface area contributed by atoms with Crippen LogP contribution in [0.25, 0.3) is 0 Å². The van der Waals surface area contributed by atoms with Crippen molar-refractivity contribution in [2.24, 2.45) is 0 Å². The monoisotopic (exact) mass is 287 g/mol. The Labute approximate surface area is 120 Å². The second kappa shape index (κ2) is 6.58. The van der Waals surface area contributed by atoms with Gasteiger partial charge in [-0.3, -0.25) is 25.2 Å². The van der Waals surface area contributed by atoms with Crippen LogP contribution in [-0.2, 0) is 11.3 Å². The van der Waals surface area contributed by atoms with Crippen LogP contribution < -0.4 is 5.32 Å². The van der Waals surface area contributed by atoms with Crippen LogP contribution in [0.3, 0.4) is 0 Å². The molecular weight excluding hydrogens is 274 g/mol. The van der Waals surface area contributed by atoms with Gasteiger partial charge in [0.05, 0.1) is 10.5 Å². The minimum absolute atomic E-state index is 0.124. The number of para-hydroxylation sites is 1. The van der Waals surface area contributed by atoms with Gasteiger partial charge in [0.2, 0.25) is 0 Å². The lowest BCUT2D eigenvalue weighted by molar-refractivity contribution is -0.385. The number of nitro groups is 1. The number of nitro benzene ring substituents is 1. The molecule has 0 aliphatic heterocycles. The lowest BCUT2D eigenvalue weighted by Gasteiger charge is -2.14. The van der Waals surface area contributed by atoms with Gasteiger partial charge in [-0.1, -0.05) is 18.2 Å². The number of carboxylic acids is 1. The first-order valence-corrected chi connectivity index (χ1v) is 6.18. The molecule has 0 aliphatic rings. The molecule has 1 atom stereocenters. The molecule has 2 aromatic rings. The third-order valence-electron chi connectivity index (χ3n) is 2.92. The fraction of sp³-hybridized carbons (Fsp3) is 0.143. The number of nitrogens with zero attached hydrogens (tertiary/aromatic N) is 2. The van der Waals surface area contributed by atoms with E-state index >= 15 is 0 Å². The number of hydrogen-bond donors (Lipinski definition) is 2. The molecule has 1 aromatic heterocycles. The van der Waals surface area contributed by atoms with E-state index in [0.717, 1.165) is 5.56 Å². The first-order chi connectivity index (χ1) is 10.1. The Morgan fingerprint density at radius 2 is 2.10 bits per heavy atom. The largest absolute Gasteiger partial charge is 0.480 e. The van der Waals surface area contributed by atoms with Crippen LogP contribution in [0.15, 0.2) is 48.8 Å². The van der Waals surface area contributed by atoms with E-state index in [0.29, 0.717) is 0 Å². The summed E-state index contributed by atoms with van der Waals surface area (Å²) in [5.74, 6) is -1.17. The highest BCUT2D eigenvalue weighted by atomic mass is 16.6. The topological polar surface area (TPSA) is 105 Å². The molecule has 108 valence electrons. The van der Waals surface area contributed by atoms with Crippen LogP contribution in [0.4, 0.5) is 5.69 Å². The number of benzene rings is 1. The normalized spacial score (nSPS) is 11.8. The molecule has 0 fully saturated rings. The Morgan fingerprint density at radius 1 is 1.33 bits per heavy atom. The van der Waals surface area contributed by atoms with Crippen molar-refractivity contribution < 1.29 is 14.8 Å². The summed E-state index contributed by atoms with van der Waals surface area (Å²) in [6.07, 6.45) is 3.21. The molecule has 21 heavy (non-hydrogen) atoms. The first kappa shape index (κ1) is 14.6. The van der Waals surface area contributed by atoms with E-state index in [1.54, 1.807) is 30.6 Å². The van der Waals surface area contributed by atoms with Crippen molar-refractivity contribution in [2.45, 2.75) is 12.6 Å². The minimum Gasteiger partial charge on any atom is -0.480 e. The van der Waals surface area contributed by atoms with E-state index in [-0.39, 0.29) is 17.8 Å². The van der Waals surface area contributed by atoms with Crippen molar-refractivity contribution in [3.63, 3.8) is 0 Å². The number of carbonyl (C=O) groups is 1. The Morgan fingerprint density at radius 3 is 2.71 bits per heavy atom. The standard InChI is InChI=1S/C14H13N3O4/c18-14(19)13(16-9-10-4-3-7-15-8-10)11-5-1-2-6-12(11)17(20)21/h1-8,13,16H,9H2,(H,18,19). The number of nitrogens with one attached hydrogen (secondary N) is 1. The van der Waals surface area contributed by atoms with Gasteiger partial charge < -0.3 is 5.11 Å². The van der Waals surface area contributed by atoms with Crippen LogP contribution in [0.5, 0.6) is 0 Å². The van der Waals surface area contributed by atoms with Crippen molar-refractivity contribution in [2.75, 3.05) is 0 Å².